The highest BCUT2D eigenvalue weighted by Crippen LogP contribution is 2.43. The van der Waals surface area contributed by atoms with Crippen molar-refractivity contribution in [1.29, 1.82) is 0 Å². The van der Waals surface area contributed by atoms with E-state index in [1.54, 1.807) is 26.0 Å². The maximum Gasteiger partial charge on any atom is 0.350 e. The van der Waals surface area contributed by atoms with E-state index in [-0.39, 0.29) is 44.7 Å². The summed E-state index contributed by atoms with van der Waals surface area (Å²) in [5.41, 5.74) is 0.277. The molecule has 0 saturated carbocycles. The molecular formula is C24H17FN2O6S. The summed E-state index contributed by atoms with van der Waals surface area (Å²) in [5.74, 6) is -2.11. The Labute approximate surface area is 195 Å². The highest BCUT2D eigenvalue weighted by atomic mass is 32.1. The molecule has 4 aromatic rings. The first-order chi connectivity index (χ1) is 16.3. The van der Waals surface area contributed by atoms with Gasteiger partial charge in [-0.1, -0.05) is 23.5 Å². The molecule has 0 unspecified atom stereocenters. The van der Waals surface area contributed by atoms with Crippen molar-refractivity contribution in [3.63, 3.8) is 0 Å². The van der Waals surface area contributed by atoms with Crippen molar-refractivity contribution in [2.75, 3.05) is 11.5 Å². The van der Waals surface area contributed by atoms with Gasteiger partial charge in [-0.2, -0.15) is 0 Å². The molecule has 0 saturated heterocycles. The van der Waals surface area contributed by atoms with E-state index in [1.807, 2.05) is 0 Å². The number of hydrogen-bond donors (Lipinski definition) is 1. The zero-order chi connectivity index (χ0) is 24.1. The third kappa shape index (κ3) is 3.34. The Balaban J connectivity index is 1.76. The molecule has 8 nitrogen and oxygen atoms in total. The number of nitrogens with zero attached hydrogens (tertiary/aromatic N) is 2. The van der Waals surface area contributed by atoms with Crippen LogP contribution in [0.3, 0.4) is 0 Å². The third-order valence-electron chi connectivity index (χ3n) is 5.47. The quantitative estimate of drug-likeness (QED) is 0.433. The summed E-state index contributed by atoms with van der Waals surface area (Å²) < 4.78 is 24.8. The number of hydrogen-bond acceptors (Lipinski definition) is 8. The first-order valence-corrected chi connectivity index (χ1v) is 11.1. The molecule has 1 aliphatic rings. The second-order valence-electron chi connectivity index (χ2n) is 7.62. The molecule has 1 amide bonds. The van der Waals surface area contributed by atoms with Crippen molar-refractivity contribution in [1.82, 2.24) is 4.98 Å². The lowest BCUT2D eigenvalue weighted by molar-refractivity contribution is 0.0531. The molecule has 1 N–H and O–H groups in total. The van der Waals surface area contributed by atoms with Crippen LogP contribution in [-0.2, 0) is 4.74 Å². The number of thiazole rings is 1. The Morgan fingerprint density at radius 3 is 2.79 bits per heavy atom. The number of rotatable bonds is 4. The standard InChI is InChI=1S/C24H17FN2O6S/c1-3-32-23(31)21-11(2)26-24(34-21)27-18(12-5-4-6-14(28)9-12)17-19(29)15-10-13(25)7-8-16(15)33-20(17)22(27)30/h4-10,18,28H,3H2,1-2H3/t18-/m0/s1. The lowest BCUT2D eigenvalue weighted by atomic mass is 9.98. The molecule has 1 aliphatic heterocycles. The maximum absolute atomic E-state index is 13.9. The largest absolute Gasteiger partial charge is 0.508 e. The number of phenolic OH excluding ortho intramolecular Hbond substituents is 1. The van der Waals surface area contributed by atoms with Gasteiger partial charge in [0.25, 0.3) is 5.91 Å². The number of anilines is 1. The first kappa shape index (κ1) is 21.8. The number of halogens is 1. The van der Waals surface area contributed by atoms with Gasteiger partial charge in [-0.3, -0.25) is 14.5 Å². The molecule has 10 heteroatoms. The van der Waals surface area contributed by atoms with Gasteiger partial charge in [-0.05, 0) is 49.7 Å². The summed E-state index contributed by atoms with van der Waals surface area (Å²) in [7, 11) is 0. The number of esters is 1. The fourth-order valence-corrected chi connectivity index (χ4v) is 5.01. The average Bonchev–Trinajstić information content (AvgIpc) is 3.32. The Hall–Kier alpha value is -4.05. The van der Waals surface area contributed by atoms with Crippen molar-refractivity contribution in [2.45, 2.75) is 19.9 Å². The molecule has 0 spiro atoms. The molecule has 1 atom stereocenters. The van der Waals surface area contributed by atoms with Crippen molar-refractivity contribution in [3.05, 3.63) is 86.0 Å². The molecule has 34 heavy (non-hydrogen) atoms. The normalized spacial score (nSPS) is 15.1. The zero-order valence-corrected chi connectivity index (χ0v) is 18.8. The zero-order valence-electron chi connectivity index (χ0n) is 18.0. The van der Waals surface area contributed by atoms with Gasteiger partial charge >= 0.3 is 5.97 Å². The summed E-state index contributed by atoms with van der Waals surface area (Å²) in [6.07, 6.45) is 0. The highest BCUT2D eigenvalue weighted by molar-refractivity contribution is 7.17. The van der Waals surface area contributed by atoms with E-state index < -0.39 is 29.2 Å². The fraction of sp³-hybridized carbons (Fsp3) is 0.167. The van der Waals surface area contributed by atoms with Crippen molar-refractivity contribution in [2.24, 2.45) is 0 Å². The van der Waals surface area contributed by atoms with Crippen LogP contribution in [-0.4, -0.2) is 28.6 Å². The molecule has 0 radical (unpaired) electrons. The van der Waals surface area contributed by atoms with E-state index in [1.165, 1.54) is 23.1 Å². The van der Waals surface area contributed by atoms with Crippen molar-refractivity contribution in [3.8, 4) is 5.75 Å². The topological polar surface area (TPSA) is 110 Å². The number of benzene rings is 2. The van der Waals surface area contributed by atoms with Crippen LogP contribution in [0.5, 0.6) is 5.75 Å². The van der Waals surface area contributed by atoms with Gasteiger partial charge in [0.15, 0.2) is 10.6 Å². The Morgan fingerprint density at radius 1 is 1.26 bits per heavy atom. The second kappa shape index (κ2) is 8.07. The van der Waals surface area contributed by atoms with Crippen LogP contribution in [0.4, 0.5) is 9.52 Å². The summed E-state index contributed by atoms with van der Waals surface area (Å²) in [4.78, 5) is 45.2. The predicted molar refractivity (Wildman–Crippen MR) is 122 cm³/mol. The molecule has 0 aliphatic carbocycles. The second-order valence-corrected chi connectivity index (χ2v) is 8.60. The summed E-state index contributed by atoms with van der Waals surface area (Å²) in [6.45, 7) is 3.47. The van der Waals surface area contributed by atoms with Gasteiger partial charge in [-0.25, -0.2) is 14.2 Å². The number of amides is 1. The number of aromatic nitrogens is 1. The minimum Gasteiger partial charge on any atom is -0.508 e. The van der Waals surface area contributed by atoms with E-state index >= 15 is 0 Å². The summed E-state index contributed by atoms with van der Waals surface area (Å²) >= 11 is 0.948. The van der Waals surface area contributed by atoms with Gasteiger partial charge in [0.1, 0.15) is 22.0 Å². The molecule has 3 heterocycles. The van der Waals surface area contributed by atoms with Crippen LogP contribution >= 0.6 is 11.3 Å². The smallest absolute Gasteiger partial charge is 0.350 e. The minimum atomic E-state index is -1.01. The maximum atomic E-state index is 13.9. The van der Waals surface area contributed by atoms with Crippen LogP contribution in [0.1, 0.15) is 50.0 Å². The van der Waals surface area contributed by atoms with Crippen LogP contribution in [0.15, 0.2) is 51.7 Å². The SMILES string of the molecule is CCOC(=O)c1sc(N2C(=O)c3oc4ccc(F)cc4c(=O)c3[C@@H]2c2cccc(O)c2)nc1C. The molecule has 0 bridgehead atoms. The van der Waals surface area contributed by atoms with E-state index in [2.05, 4.69) is 4.98 Å². The number of aryl methyl sites for hydroxylation is 1. The monoisotopic (exact) mass is 480 g/mol. The van der Waals surface area contributed by atoms with E-state index in [0.717, 1.165) is 23.5 Å². The van der Waals surface area contributed by atoms with Crippen LogP contribution in [0.25, 0.3) is 11.0 Å². The molecule has 2 aromatic carbocycles. The third-order valence-corrected chi connectivity index (χ3v) is 6.61. The number of ether oxygens (including phenoxy) is 1. The lowest BCUT2D eigenvalue weighted by Crippen LogP contribution is -2.29. The number of phenols is 1. The van der Waals surface area contributed by atoms with Gasteiger partial charge in [-0.15, -0.1) is 0 Å². The average molecular weight is 480 g/mol. The van der Waals surface area contributed by atoms with Crippen LogP contribution in [0.2, 0.25) is 0 Å². The lowest BCUT2D eigenvalue weighted by Gasteiger charge is -2.22. The van der Waals surface area contributed by atoms with E-state index in [4.69, 9.17) is 9.15 Å². The Kier molecular flexibility index (Phi) is 5.17. The van der Waals surface area contributed by atoms with Crippen LogP contribution < -0.4 is 10.3 Å². The molecule has 5 rings (SSSR count). The number of carbonyl (C=O) groups is 2. The molecule has 0 fully saturated rings. The summed E-state index contributed by atoms with van der Waals surface area (Å²) in [6, 6.07) is 8.56. The number of carbonyl (C=O) groups excluding carboxylic acids is 2. The molecular weight excluding hydrogens is 463 g/mol. The van der Waals surface area contributed by atoms with E-state index in [9.17, 15) is 23.9 Å². The minimum absolute atomic E-state index is 0.000706. The van der Waals surface area contributed by atoms with Crippen molar-refractivity contribution < 1.29 is 28.2 Å². The predicted octanol–water partition coefficient (Wildman–Crippen LogP) is 4.33. The first-order valence-electron chi connectivity index (χ1n) is 10.3. The summed E-state index contributed by atoms with van der Waals surface area (Å²) in [5, 5.41) is 10.2. The molecule has 172 valence electrons. The van der Waals surface area contributed by atoms with Gasteiger partial charge in [0, 0.05) is 0 Å². The van der Waals surface area contributed by atoms with Crippen molar-refractivity contribution >= 4 is 39.3 Å². The van der Waals surface area contributed by atoms with Gasteiger partial charge < -0.3 is 14.3 Å². The van der Waals surface area contributed by atoms with Gasteiger partial charge in [0.2, 0.25) is 5.76 Å². The number of aromatic hydroxyl groups is 1. The highest BCUT2D eigenvalue weighted by Gasteiger charge is 2.45. The Bertz CT molecular complexity index is 1540. The van der Waals surface area contributed by atoms with E-state index in [0.29, 0.717) is 11.3 Å². The number of fused-ring (bicyclic) bond motifs is 2. The van der Waals surface area contributed by atoms with Crippen LogP contribution in [0, 0.1) is 12.7 Å². The fourth-order valence-electron chi connectivity index (χ4n) is 4.02. The Morgan fingerprint density at radius 2 is 2.06 bits per heavy atom. The molecule has 2 aromatic heterocycles. The van der Waals surface area contributed by atoms with Gasteiger partial charge in [0.05, 0.1) is 29.3 Å².